The average Bonchev–Trinajstić information content (AvgIpc) is 2.35. The van der Waals surface area contributed by atoms with E-state index in [0.717, 1.165) is 31.5 Å². The summed E-state index contributed by atoms with van der Waals surface area (Å²) in [4.78, 5) is 14.8. The van der Waals surface area contributed by atoms with Gasteiger partial charge in [-0.05, 0) is 38.3 Å². The lowest BCUT2D eigenvalue weighted by atomic mass is 9.99. The molecular formula is C15H25N3O2. The van der Waals surface area contributed by atoms with Crippen molar-refractivity contribution in [2.45, 2.75) is 53.0 Å². The van der Waals surface area contributed by atoms with Gasteiger partial charge in [-0.15, -0.1) is 0 Å². The van der Waals surface area contributed by atoms with Gasteiger partial charge in [-0.3, -0.25) is 15.1 Å². The van der Waals surface area contributed by atoms with Gasteiger partial charge in [0.2, 0.25) is 0 Å². The predicted octanol–water partition coefficient (Wildman–Crippen LogP) is 3.26. The maximum atomic E-state index is 10.8. The van der Waals surface area contributed by atoms with E-state index in [1.807, 2.05) is 0 Å². The fraction of sp³-hybridized carbons (Fsp3) is 0.667. The summed E-state index contributed by atoms with van der Waals surface area (Å²) in [7, 11) is 0. The number of nitrogens with one attached hydrogen (secondary N) is 1. The third-order valence-electron chi connectivity index (χ3n) is 3.21. The third kappa shape index (κ3) is 5.25. The van der Waals surface area contributed by atoms with Crippen LogP contribution >= 0.6 is 0 Å². The van der Waals surface area contributed by atoms with E-state index in [2.05, 4.69) is 31.1 Å². The normalized spacial score (nSPS) is 12.7. The largest absolute Gasteiger partial charge is 0.314 e. The van der Waals surface area contributed by atoms with Crippen molar-refractivity contribution < 1.29 is 4.92 Å². The maximum Gasteiger partial charge on any atom is 0.290 e. The van der Waals surface area contributed by atoms with E-state index >= 15 is 0 Å². The van der Waals surface area contributed by atoms with Crippen molar-refractivity contribution in [1.29, 1.82) is 0 Å². The highest BCUT2D eigenvalue weighted by Crippen LogP contribution is 2.17. The highest BCUT2D eigenvalue weighted by molar-refractivity contribution is 5.35. The van der Waals surface area contributed by atoms with Crippen LogP contribution in [-0.4, -0.2) is 22.5 Å². The third-order valence-corrected chi connectivity index (χ3v) is 3.21. The molecule has 1 heterocycles. The topological polar surface area (TPSA) is 68.1 Å². The van der Waals surface area contributed by atoms with Crippen molar-refractivity contribution in [2.75, 3.05) is 6.54 Å². The summed E-state index contributed by atoms with van der Waals surface area (Å²) in [5.41, 5.74) is 1.50. The number of aryl methyl sites for hydroxylation is 1. The molecule has 0 aliphatic carbocycles. The molecule has 0 amide bonds. The number of hydrogen-bond donors (Lipinski definition) is 1. The molecular weight excluding hydrogens is 254 g/mol. The number of hydrogen-bond acceptors (Lipinski definition) is 4. The molecule has 112 valence electrons. The first-order valence-corrected chi connectivity index (χ1v) is 7.28. The van der Waals surface area contributed by atoms with E-state index in [1.165, 1.54) is 0 Å². The summed E-state index contributed by atoms with van der Waals surface area (Å²) in [6, 6.07) is 3.71. The first-order chi connectivity index (χ1) is 9.43. The zero-order valence-electron chi connectivity index (χ0n) is 12.8. The van der Waals surface area contributed by atoms with Crippen molar-refractivity contribution in [1.82, 2.24) is 10.3 Å². The minimum atomic E-state index is -0.382. The maximum absolute atomic E-state index is 10.8. The standard InChI is InChI=1S/C15H25N3O2/c1-5-8-16-14(9-11(2)3)10-13-6-7-15(18(19)20)12(4)17-13/h6-7,11,14,16H,5,8-10H2,1-4H3. The molecule has 1 N–H and O–H groups in total. The molecule has 5 nitrogen and oxygen atoms in total. The zero-order valence-corrected chi connectivity index (χ0v) is 12.8. The van der Waals surface area contributed by atoms with Crippen LogP contribution in [0.1, 0.15) is 45.0 Å². The molecule has 0 bridgehead atoms. The van der Waals surface area contributed by atoms with Gasteiger partial charge in [0.15, 0.2) is 0 Å². The van der Waals surface area contributed by atoms with E-state index in [9.17, 15) is 10.1 Å². The molecule has 20 heavy (non-hydrogen) atoms. The summed E-state index contributed by atoms with van der Waals surface area (Å²) >= 11 is 0. The number of nitrogens with zero attached hydrogens (tertiary/aromatic N) is 2. The van der Waals surface area contributed by atoms with Crippen LogP contribution < -0.4 is 5.32 Å². The Balaban J connectivity index is 2.77. The van der Waals surface area contributed by atoms with Crippen LogP contribution in [0, 0.1) is 23.0 Å². The highest BCUT2D eigenvalue weighted by atomic mass is 16.6. The van der Waals surface area contributed by atoms with Gasteiger partial charge in [-0.1, -0.05) is 20.8 Å². The van der Waals surface area contributed by atoms with Gasteiger partial charge in [0, 0.05) is 24.2 Å². The second kappa shape index (κ2) is 7.94. The molecule has 1 rings (SSSR count). The van der Waals surface area contributed by atoms with Gasteiger partial charge in [0.05, 0.1) is 4.92 Å². The number of nitro groups is 1. The second-order valence-corrected chi connectivity index (χ2v) is 5.65. The first-order valence-electron chi connectivity index (χ1n) is 7.28. The summed E-state index contributed by atoms with van der Waals surface area (Å²) in [6.45, 7) is 9.24. The minimum Gasteiger partial charge on any atom is -0.314 e. The van der Waals surface area contributed by atoms with E-state index < -0.39 is 0 Å². The summed E-state index contributed by atoms with van der Waals surface area (Å²) in [5, 5.41) is 14.3. The molecule has 0 saturated carbocycles. The quantitative estimate of drug-likeness (QED) is 0.586. The SMILES string of the molecule is CCCNC(Cc1ccc([N+](=O)[O-])c(C)n1)CC(C)C. The van der Waals surface area contributed by atoms with Gasteiger partial charge >= 0.3 is 0 Å². The second-order valence-electron chi connectivity index (χ2n) is 5.65. The van der Waals surface area contributed by atoms with Crippen molar-refractivity contribution >= 4 is 5.69 Å². The molecule has 0 aliphatic heterocycles. The molecule has 1 unspecified atom stereocenters. The van der Waals surface area contributed by atoms with Crippen LogP contribution in [0.5, 0.6) is 0 Å². The van der Waals surface area contributed by atoms with Crippen molar-refractivity contribution in [3.05, 3.63) is 33.6 Å². The Kier molecular flexibility index (Phi) is 6.58. The monoisotopic (exact) mass is 279 g/mol. The number of rotatable bonds is 8. The Morgan fingerprint density at radius 1 is 1.40 bits per heavy atom. The summed E-state index contributed by atoms with van der Waals surface area (Å²) in [6.07, 6.45) is 3.00. The molecule has 1 atom stereocenters. The lowest BCUT2D eigenvalue weighted by Gasteiger charge is -2.20. The Labute approximate surface area is 121 Å². The average molecular weight is 279 g/mol. The molecule has 0 aromatic carbocycles. The minimum absolute atomic E-state index is 0.0932. The van der Waals surface area contributed by atoms with E-state index in [0.29, 0.717) is 17.7 Å². The predicted molar refractivity (Wildman–Crippen MR) is 80.9 cm³/mol. The van der Waals surface area contributed by atoms with Crippen LogP contribution in [-0.2, 0) is 6.42 Å². The van der Waals surface area contributed by atoms with Gasteiger partial charge in [-0.25, -0.2) is 0 Å². The summed E-state index contributed by atoms with van der Waals surface area (Å²) in [5.74, 6) is 0.614. The number of aromatic nitrogens is 1. The lowest BCUT2D eigenvalue weighted by Crippen LogP contribution is -2.33. The van der Waals surface area contributed by atoms with Crippen LogP contribution in [0.3, 0.4) is 0 Å². The molecule has 0 spiro atoms. The fourth-order valence-electron chi connectivity index (χ4n) is 2.32. The molecule has 0 fully saturated rings. The Bertz CT molecular complexity index is 447. The molecule has 1 aromatic rings. The van der Waals surface area contributed by atoms with Crippen molar-refractivity contribution in [3.63, 3.8) is 0 Å². The van der Waals surface area contributed by atoms with Crippen molar-refractivity contribution in [3.8, 4) is 0 Å². The number of pyridine rings is 1. The Morgan fingerprint density at radius 2 is 2.10 bits per heavy atom. The Hall–Kier alpha value is -1.49. The van der Waals surface area contributed by atoms with Crippen molar-refractivity contribution in [2.24, 2.45) is 5.92 Å². The van der Waals surface area contributed by atoms with Crippen LogP contribution in [0.4, 0.5) is 5.69 Å². The van der Waals surface area contributed by atoms with Crippen LogP contribution in [0.2, 0.25) is 0 Å². The van der Waals surface area contributed by atoms with E-state index in [4.69, 9.17) is 0 Å². The molecule has 0 aliphatic rings. The zero-order chi connectivity index (χ0) is 15.1. The van der Waals surface area contributed by atoms with Gasteiger partial charge in [-0.2, -0.15) is 0 Å². The fourth-order valence-corrected chi connectivity index (χ4v) is 2.32. The molecule has 5 heteroatoms. The van der Waals surface area contributed by atoms with Crippen LogP contribution in [0.15, 0.2) is 12.1 Å². The summed E-state index contributed by atoms with van der Waals surface area (Å²) < 4.78 is 0. The van der Waals surface area contributed by atoms with Gasteiger partial charge < -0.3 is 5.32 Å². The van der Waals surface area contributed by atoms with Gasteiger partial charge in [0.1, 0.15) is 5.69 Å². The lowest BCUT2D eigenvalue weighted by molar-refractivity contribution is -0.385. The molecule has 0 radical (unpaired) electrons. The Morgan fingerprint density at radius 3 is 2.60 bits per heavy atom. The molecule has 1 aromatic heterocycles. The smallest absolute Gasteiger partial charge is 0.290 e. The van der Waals surface area contributed by atoms with E-state index in [1.54, 1.807) is 19.1 Å². The molecule has 0 saturated heterocycles. The highest BCUT2D eigenvalue weighted by Gasteiger charge is 2.15. The first kappa shape index (κ1) is 16.6. The van der Waals surface area contributed by atoms with Crippen LogP contribution in [0.25, 0.3) is 0 Å². The van der Waals surface area contributed by atoms with E-state index in [-0.39, 0.29) is 10.6 Å². The van der Waals surface area contributed by atoms with Gasteiger partial charge in [0.25, 0.3) is 5.69 Å².